The average molecular weight is 364 g/mol. The summed E-state index contributed by atoms with van der Waals surface area (Å²) in [6, 6.07) is 4.24. The van der Waals surface area contributed by atoms with Crippen LogP contribution in [0.3, 0.4) is 0 Å². The van der Waals surface area contributed by atoms with Crippen molar-refractivity contribution < 1.29 is 17.8 Å². The molecule has 25 heavy (non-hydrogen) atoms. The number of aromatic nitrogens is 5. The maximum absolute atomic E-state index is 12.9. The lowest BCUT2D eigenvalue weighted by molar-refractivity contribution is 0.177. The fourth-order valence-corrected chi connectivity index (χ4v) is 4.33. The summed E-state index contributed by atoms with van der Waals surface area (Å²) >= 11 is 0. The monoisotopic (exact) mass is 364 g/mol. The van der Waals surface area contributed by atoms with Gasteiger partial charge in [0, 0.05) is 13.7 Å². The maximum Gasteiger partial charge on any atom is 0.243 e. The van der Waals surface area contributed by atoms with Crippen LogP contribution in [0.4, 0.5) is 0 Å². The molecule has 11 heteroatoms. The standard InChI is InChI=1S/C14H16N6O4S/c1-23-8-12-15-14-10(5-3-7-20(14)16-12)19-25(21,22)11-6-2-4-9-13(11)18-24-17-9/h2,4,6,10,19H,3,5,7-8H2,1H3/t10-/m1/s1. The molecule has 0 amide bonds. The van der Waals surface area contributed by atoms with Crippen LogP contribution in [0, 0.1) is 0 Å². The zero-order valence-corrected chi connectivity index (χ0v) is 14.2. The second-order valence-corrected chi connectivity index (χ2v) is 7.43. The summed E-state index contributed by atoms with van der Waals surface area (Å²) in [6.07, 6.45) is 1.43. The molecular formula is C14H16N6O4S. The first-order chi connectivity index (χ1) is 12.1. The molecule has 1 N–H and O–H groups in total. The van der Waals surface area contributed by atoms with Crippen molar-refractivity contribution in [1.29, 1.82) is 0 Å². The normalized spacial score (nSPS) is 17.7. The molecule has 0 bridgehead atoms. The highest BCUT2D eigenvalue weighted by atomic mass is 32.2. The SMILES string of the molecule is COCc1nc2n(n1)CCC[C@H]2NS(=O)(=O)c1cccc2nonc12. The Morgan fingerprint density at radius 1 is 1.40 bits per heavy atom. The van der Waals surface area contributed by atoms with Crippen LogP contribution in [-0.2, 0) is 27.9 Å². The van der Waals surface area contributed by atoms with Crippen LogP contribution < -0.4 is 4.72 Å². The molecular weight excluding hydrogens is 348 g/mol. The predicted molar refractivity (Wildman–Crippen MR) is 84.8 cm³/mol. The number of hydrogen-bond acceptors (Lipinski definition) is 8. The van der Waals surface area contributed by atoms with E-state index >= 15 is 0 Å². The van der Waals surface area contributed by atoms with Crippen molar-refractivity contribution in [2.24, 2.45) is 0 Å². The summed E-state index contributed by atoms with van der Waals surface area (Å²) in [5, 5.41) is 11.7. The number of sulfonamides is 1. The lowest BCUT2D eigenvalue weighted by Crippen LogP contribution is -2.33. The summed E-state index contributed by atoms with van der Waals surface area (Å²) in [6.45, 7) is 0.983. The molecule has 1 aromatic carbocycles. The average Bonchev–Trinajstić information content (AvgIpc) is 3.21. The van der Waals surface area contributed by atoms with Crippen LogP contribution in [0.25, 0.3) is 11.0 Å². The number of ether oxygens (including phenoxy) is 1. The third-order valence-corrected chi connectivity index (χ3v) is 5.53. The minimum atomic E-state index is -3.83. The van der Waals surface area contributed by atoms with E-state index < -0.39 is 16.1 Å². The van der Waals surface area contributed by atoms with Gasteiger partial charge in [-0.25, -0.2) is 27.4 Å². The summed E-state index contributed by atoms with van der Waals surface area (Å²) in [7, 11) is -2.26. The van der Waals surface area contributed by atoms with E-state index in [9.17, 15) is 8.42 Å². The van der Waals surface area contributed by atoms with Gasteiger partial charge < -0.3 is 4.74 Å². The third-order valence-electron chi connectivity index (χ3n) is 4.03. The predicted octanol–water partition coefficient (Wildman–Crippen LogP) is 0.774. The molecule has 0 saturated carbocycles. The molecule has 0 radical (unpaired) electrons. The smallest absolute Gasteiger partial charge is 0.243 e. The molecule has 132 valence electrons. The van der Waals surface area contributed by atoms with Gasteiger partial charge in [-0.1, -0.05) is 6.07 Å². The Bertz CT molecular complexity index is 1010. The highest BCUT2D eigenvalue weighted by Crippen LogP contribution is 2.27. The van der Waals surface area contributed by atoms with Crippen LogP contribution in [0.2, 0.25) is 0 Å². The highest BCUT2D eigenvalue weighted by molar-refractivity contribution is 7.89. The molecule has 1 aliphatic heterocycles. The van der Waals surface area contributed by atoms with Gasteiger partial charge in [0.1, 0.15) is 22.8 Å². The molecule has 0 unspecified atom stereocenters. The Morgan fingerprint density at radius 3 is 3.12 bits per heavy atom. The van der Waals surface area contributed by atoms with E-state index in [1.165, 1.54) is 6.07 Å². The number of rotatable bonds is 5. The van der Waals surface area contributed by atoms with Crippen LogP contribution >= 0.6 is 0 Å². The lowest BCUT2D eigenvalue weighted by Gasteiger charge is -2.22. The lowest BCUT2D eigenvalue weighted by atomic mass is 10.1. The van der Waals surface area contributed by atoms with Gasteiger partial charge >= 0.3 is 0 Å². The third kappa shape index (κ3) is 2.90. The van der Waals surface area contributed by atoms with Gasteiger partial charge in [0.15, 0.2) is 11.3 Å². The van der Waals surface area contributed by atoms with Gasteiger partial charge in [0.05, 0.1) is 6.04 Å². The molecule has 0 fully saturated rings. The largest absolute Gasteiger partial charge is 0.377 e. The van der Waals surface area contributed by atoms with Gasteiger partial charge in [-0.3, -0.25) is 0 Å². The number of methoxy groups -OCH3 is 1. The molecule has 1 atom stereocenters. The van der Waals surface area contributed by atoms with E-state index in [0.29, 0.717) is 30.1 Å². The minimum Gasteiger partial charge on any atom is -0.377 e. The molecule has 0 aliphatic carbocycles. The topological polar surface area (TPSA) is 125 Å². The van der Waals surface area contributed by atoms with Crippen molar-refractivity contribution in [3.63, 3.8) is 0 Å². The fraction of sp³-hybridized carbons (Fsp3) is 0.429. The van der Waals surface area contributed by atoms with Crippen molar-refractivity contribution in [2.45, 2.75) is 36.9 Å². The Hall–Kier alpha value is -2.37. The summed E-state index contributed by atoms with van der Waals surface area (Å²) < 4.78 is 39.8. The molecule has 3 aromatic rings. The second kappa shape index (κ2) is 6.17. The van der Waals surface area contributed by atoms with Crippen molar-refractivity contribution in [3.8, 4) is 0 Å². The number of nitrogens with one attached hydrogen (secondary N) is 1. The zero-order chi connectivity index (χ0) is 17.4. The van der Waals surface area contributed by atoms with E-state index in [2.05, 4.69) is 29.7 Å². The van der Waals surface area contributed by atoms with Crippen LogP contribution in [-0.4, -0.2) is 40.6 Å². The highest BCUT2D eigenvalue weighted by Gasteiger charge is 2.30. The maximum atomic E-state index is 12.9. The first-order valence-corrected chi connectivity index (χ1v) is 9.23. The van der Waals surface area contributed by atoms with E-state index in [4.69, 9.17) is 4.74 Å². The Kier molecular flexibility index (Phi) is 3.98. The van der Waals surface area contributed by atoms with E-state index in [1.54, 1.807) is 23.9 Å². The van der Waals surface area contributed by atoms with Crippen molar-refractivity contribution in [1.82, 2.24) is 29.8 Å². The van der Waals surface area contributed by atoms with Crippen LogP contribution in [0.15, 0.2) is 27.7 Å². The molecule has 2 aromatic heterocycles. The van der Waals surface area contributed by atoms with Crippen LogP contribution in [0.5, 0.6) is 0 Å². The Balaban J connectivity index is 1.67. The van der Waals surface area contributed by atoms with Crippen molar-refractivity contribution >= 4 is 21.1 Å². The van der Waals surface area contributed by atoms with E-state index in [0.717, 1.165) is 6.42 Å². The molecule has 10 nitrogen and oxygen atoms in total. The number of fused-ring (bicyclic) bond motifs is 2. The minimum absolute atomic E-state index is 0.0278. The molecule has 4 rings (SSSR count). The number of benzene rings is 1. The molecule has 0 saturated heterocycles. The van der Waals surface area contributed by atoms with Gasteiger partial charge in [0.2, 0.25) is 10.0 Å². The zero-order valence-electron chi connectivity index (χ0n) is 13.4. The van der Waals surface area contributed by atoms with E-state index in [1.807, 2.05) is 0 Å². The Labute approximate surface area is 143 Å². The number of nitrogens with zero attached hydrogens (tertiary/aromatic N) is 5. The Morgan fingerprint density at radius 2 is 2.28 bits per heavy atom. The fourth-order valence-electron chi connectivity index (χ4n) is 2.95. The van der Waals surface area contributed by atoms with Crippen molar-refractivity contribution in [2.75, 3.05) is 7.11 Å². The van der Waals surface area contributed by atoms with Gasteiger partial charge in [-0.15, -0.1) is 0 Å². The van der Waals surface area contributed by atoms with Crippen molar-refractivity contribution in [3.05, 3.63) is 29.8 Å². The van der Waals surface area contributed by atoms with E-state index in [-0.39, 0.29) is 17.0 Å². The van der Waals surface area contributed by atoms with Gasteiger partial charge in [0.25, 0.3) is 0 Å². The first-order valence-electron chi connectivity index (χ1n) is 7.74. The van der Waals surface area contributed by atoms with Gasteiger partial charge in [-0.05, 0) is 35.3 Å². The number of hydrogen-bond donors (Lipinski definition) is 1. The molecule has 0 spiro atoms. The summed E-state index contributed by atoms with van der Waals surface area (Å²) in [5.41, 5.74) is 0.587. The molecule has 1 aliphatic rings. The van der Waals surface area contributed by atoms with Crippen LogP contribution in [0.1, 0.15) is 30.5 Å². The first kappa shape index (κ1) is 16.1. The second-order valence-electron chi connectivity index (χ2n) is 5.75. The molecule has 3 heterocycles. The number of aryl methyl sites for hydroxylation is 1. The quantitative estimate of drug-likeness (QED) is 0.704. The summed E-state index contributed by atoms with van der Waals surface area (Å²) in [4.78, 5) is 4.43. The van der Waals surface area contributed by atoms with Gasteiger partial charge in [-0.2, -0.15) is 5.10 Å². The summed E-state index contributed by atoms with van der Waals surface area (Å²) in [5.74, 6) is 1.12.